The summed E-state index contributed by atoms with van der Waals surface area (Å²) in [4.78, 5) is 2.22. The third kappa shape index (κ3) is 4.47. The van der Waals surface area contributed by atoms with Gasteiger partial charge in [0, 0.05) is 25.0 Å². The van der Waals surface area contributed by atoms with E-state index in [-0.39, 0.29) is 0 Å². The maximum Gasteiger partial charge on any atom is 0.0645 e. The second-order valence-corrected chi connectivity index (χ2v) is 5.49. The molecule has 1 heterocycles. The Hall–Kier alpha value is -1.65. The Balaban J connectivity index is 1.82. The van der Waals surface area contributed by atoms with Crippen LogP contribution < -0.4 is 5.32 Å². The lowest BCUT2D eigenvalue weighted by Crippen LogP contribution is -2.29. The molecule has 0 saturated heterocycles. The summed E-state index contributed by atoms with van der Waals surface area (Å²) in [6.45, 7) is 4.27. The van der Waals surface area contributed by atoms with Crippen molar-refractivity contribution in [3.05, 3.63) is 48.3 Å². The van der Waals surface area contributed by atoms with Gasteiger partial charge in [0.05, 0.1) is 5.69 Å². The molecule has 108 valence electrons. The minimum Gasteiger partial charge on any atom is -0.310 e. The maximum absolute atomic E-state index is 4.23. The van der Waals surface area contributed by atoms with E-state index >= 15 is 0 Å². The Morgan fingerprint density at radius 1 is 1.25 bits per heavy atom. The highest BCUT2D eigenvalue weighted by Crippen LogP contribution is 2.08. The highest BCUT2D eigenvalue weighted by molar-refractivity contribution is 5.33. The molecule has 2 aromatic rings. The average molecular weight is 272 g/mol. The maximum atomic E-state index is 4.23. The molecule has 0 aliphatic rings. The molecule has 0 aliphatic carbocycles. The van der Waals surface area contributed by atoms with Gasteiger partial charge < -0.3 is 10.2 Å². The fraction of sp³-hybridized carbons (Fsp3) is 0.438. The van der Waals surface area contributed by atoms with Gasteiger partial charge in [-0.2, -0.15) is 5.10 Å². The first-order valence-electron chi connectivity index (χ1n) is 7.12. The van der Waals surface area contributed by atoms with E-state index in [0.29, 0.717) is 6.04 Å². The molecular formula is C16H24N4. The first kappa shape index (κ1) is 14.8. The molecule has 0 radical (unpaired) electrons. The van der Waals surface area contributed by atoms with Gasteiger partial charge in [-0.1, -0.05) is 12.1 Å². The van der Waals surface area contributed by atoms with Gasteiger partial charge in [-0.15, -0.1) is 0 Å². The van der Waals surface area contributed by atoms with Crippen LogP contribution in [0.1, 0.15) is 18.9 Å². The van der Waals surface area contributed by atoms with Crippen LogP contribution in [0.2, 0.25) is 0 Å². The molecule has 4 heteroatoms. The molecule has 1 aromatic heterocycles. The van der Waals surface area contributed by atoms with E-state index in [0.717, 1.165) is 18.8 Å². The van der Waals surface area contributed by atoms with E-state index in [4.69, 9.17) is 0 Å². The summed E-state index contributed by atoms with van der Waals surface area (Å²) in [7, 11) is 4.22. The quantitative estimate of drug-likeness (QED) is 0.839. The lowest BCUT2D eigenvalue weighted by molar-refractivity contribution is 0.365. The van der Waals surface area contributed by atoms with Crippen molar-refractivity contribution in [3.8, 4) is 5.69 Å². The number of nitrogens with zero attached hydrogens (tertiary/aromatic N) is 3. The Morgan fingerprint density at radius 3 is 2.60 bits per heavy atom. The van der Waals surface area contributed by atoms with Gasteiger partial charge in [0.2, 0.25) is 0 Å². The van der Waals surface area contributed by atoms with E-state index in [9.17, 15) is 0 Å². The number of benzene rings is 1. The molecule has 0 spiro atoms. The van der Waals surface area contributed by atoms with Crippen LogP contribution in [-0.4, -0.2) is 41.4 Å². The normalized spacial score (nSPS) is 12.8. The Kier molecular flexibility index (Phi) is 5.32. The van der Waals surface area contributed by atoms with E-state index in [2.05, 4.69) is 60.6 Å². The van der Waals surface area contributed by atoms with Gasteiger partial charge in [-0.25, -0.2) is 4.68 Å². The van der Waals surface area contributed by atoms with Crippen molar-refractivity contribution in [1.29, 1.82) is 0 Å². The van der Waals surface area contributed by atoms with Crippen LogP contribution in [0.3, 0.4) is 0 Å². The van der Waals surface area contributed by atoms with E-state index in [1.807, 2.05) is 16.9 Å². The van der Waals surface area contributed by atoms with Gasteiger partial charge in [0.15, 0.2) is 0 Å². The third-order valence-electron chi connectivity index (χ3n) is 3.37. The van der Waals surface area contributed by atoms with Crippen molar-refractivity contribution in [2.24, 2.45) is 0 Å². The molecule has 1 unspecified atom stereocenters. The molecule has 0 amide bonds. The zero-order valence-corrected chi connectivity index (χ0v) is 12.6. The fourth-order valence-electron chi connectivity index (χ4n) is 2.03. The van der Waals surface area contributed by atoms with Crippen molar-refractivity contribution in [1.82, 2.24) is 20.0 Å². The van der Waals surface area contributed by atoms with Crippen LogP contribution in [0, 0.1) is 0 Å². The molecule has 0 fully saturated rings. The Labute approximate surface area is 121 Å². The van der Waals surface area contributed by atoms with Gasteiger partial charge in [-0.3, -0.25) is 0 Å². The van der Waals surface area contributed by atoms with E-state index in [1.165, 1.54) is 12.0 Å². The summed E-state index contributed by atoms with van der Waals surface area (Å²) in [6, 6.07) is 11.0. The monoisotopic (exact) mass is 272 g/mol. The summed E-state index contributed by atoms with van der Waals surface area (Å²) in [5.74, 6) is 0. The van der Waals surface area contributed by atoms with Crippen LogP contribution in [0.25, 0.3) is 5.69 Å². The molecule has 20 heavy (non-hydrogen) atoms. The highest BCUT2D eigenvalue weighted by Gasteiger charge is 2.03. The Morgan fingerprint density at radius 2 is 2.00 bits per heavy atom. The van der Waals surface area contributed by atoms with Crippen molar-refractivity contribution in [3.63, 3.8) is 0 Å². The predicted molar refractivity (Wildman–Crippen MR) is 83.0 cm³/mol. The summed E-state index contributed by atoms with van der Waals surface area (Å²) < 4.78 is 1.87. The number of hydrogen-bond donors (Lipinski definition) is 1. The zero-order chi connectivity index (χ0) is 14.4. The molecule has 1 N–H and O–H groups in total. The molecule has 0 aliphatic heterocycles. The molecule has 0 bridgehead atoms. The molecular weight excluding hydrogens is 248 g/mol. The summed E-state index contributed by atoms with van der Waals surface area (Å²) in [6.07, 6.45) is 4.91. The van der Waals surface area contributed by atoms with Crippen LogP contribution >= 0.6 is 0 Å². The number of nitrogens with one attached hydrogen (secondary N) is 1. The molecule has 2 rings (SSSR count). The smallest absolute Gasteiger partial charge is 0.0645 e. The number of rotatable bonds is 7. The van der Waals surface area contributed by atoms with Crippen LogP contribution in [0.5, 0.6) is 0 Å². The molecule has 4 nitrogen and oxygen atoms in total. The largest absolute Gasteiger partial charge is 0.310 e. The topological polar surface area (TPSA) is 33.1 Å². The summed E-state index contributed by atoms with van der Waals surface area (Å²) in [5.41, 5.74) is 2.40. The Bertz CT molecular complexity index is 488. The fourth-order valence-corrected chi connectivity index (χ4v) is 2.03. The SMILES string of the molecule is CC(CCN(C)C)NCc1ccc(-n2cccn2)cc1. The van der Waals surface area contributed by atoms with E-state index in [1.54, 1.807) is 6.20 Å². The summed E-state index contributed by atoms with van der Waals surface area (Å²) in [5, 5.41) is 7.79. The number of hydrogen-bond acceptors (Lipinski definition) is 3. The van der Waals surface area contributed by atoms with E-state index < -0.39 is 0 Å². The first-order chi connectivity index (χ1) is 9.65. The van der Waals surface area contributed by atoms with Crippen LogP contribution in [-0.2, 0) is 6.54 Å². The predicted octanol–water partition coefficient (Wildman–Crippen LogP) is 2.30. The second kappa shape index (κ2) is 7.22. The van der Waals surface area contributed by atoms with Gasteiger partial charge in [-0.05, 0) is 57.7 Å². The van der Waals surface area contributed by atoms with Gasteiger partial charge >= 0.3 is 0 Å². The minimum atomic E-state index is 0.531. The second-order valence-electron chi connectivity index (χ2n) is 5.49. The third-order valence-corrected chi connectivity index (χ3v) is 3.37. The number of aromatic nitrogens is 2. The molecule has 1 atom stereocenters. The van der Waals surface area contributed by atoms with Crippen molar-refractivity contribution >= 4 is 0 Å². The van der Waals surface area contributed by atoms with Crippen LogP contribution in [0.15, 0.2) is 42.7 Å². The first-order valence-corrected chi connectivity index (χ1v) is 7.12. The highest BCUT2D eigenvalue weighted by atomic mass is 15.3. The van der Waals surface area contributed by atoms with Crippen molar-refractivity contribution in [2.75, 3.05) is 20.6 Å². The summed E-state index contributed by atoms with van der Waals surface area (Å²) >= 11 is 0. The van der Waals surface area contributed by atoms with Crippen LogP contribution in [0.4, 0.5) is 0 Å². The molecule has 1 aromatic carbocycles. The van der Waals surface area contributed by atoms with Crippen molar-refractivity contribution < 1.29 is 0 Å². The lowest BCUT2D eigenvalue weighted by atomic mass is 10.1. The van der Waals surface area contributed by atoms with Gasteiger partial charge in [0.1, 0.15) is 0 Å². The lowest BCUT2D eigenvalue weighted by Gasteiger charge is -2.16. The molecule has 0 saturated carbocycles. The van der Waals surface area contributed by atoms with Gasteiger partial charge in [0.25, 0.3) is 0 Å². The average Bonchev–Trinajstić information content (AvgIpc) is 2.97. The van der Waals surface area contributed by atoms with Crippen molar-refractivity contribution in [2.45, 2.75) is 25.9 Å². The standard InChI is InChI=1S/C16H24N4/c1-14(9-12-19(2)3)17-13-15-5-7-16(8-6-15)20-11-4-10-18-20/h4-8,10-11,14,17H,9,12-13H2,1-3H3. The minimum absolute atomic E-state index is 0.531. The zero-order valence-electron chi connectivity index (χ0n) is 12.6.